The molecule has 6 nitrogen and oxygen atoms in total. The molecule has 0 aromatic heterocycles. The molecule has 22 heavy (non-hydrogen) atoms. The maximum atomic E-state index is 10.9. The molecule has 0 aromatic carbocycles. The summed E-state index contributed by atoms with van der Waals surface area (Å²) >= 11 is 0. The van der Waals surface area contributed by atoms with E-state index in [2.05, 4.69) is 28.3 Å². The first kappa shape index (κ1) is 18.1. The minimum absolute atomic E-state index is 0.254. The minimum Gasteiger partial charge on any atom is -0.301 e. The van der Waals surface area contributed by atoms with Crippen LogP contribution in [0.1, 0.15) is 32.6 Å². The fraction of sp³-hybridized carbons (Fsp3) is 0.933. The lowest BCUT2D eigenvalue weighted by atomic mass is 10.2. The second-order valence-electron chi connectivity index (χ2n) is 6.33. The van der Waals surface area contributed by atoms with E-state index in [4.69, 9.17) is 4.18 Å². The third kappa shape index (κ3) is 6.50. The molecule has 0 N–H and O–H groups in total. The number of nitrogens with zero attached hydrogens (tertiary/aromatic N) is 3. The summed E-state index contributed by atoms with van der Waals surface area (Å²) < 4.78 is 26.5. The maximum absolute atomic E-state index is 10.9. The highest BCUT2D eigenvalue weighted by atomic mass is 32.2. The summed E-state index contributed by atoms with van der Waals surface area (Å²) in [4.78, 5) is 6.96. The van der Waals surface area contributed by atoms with Crippen molar-refractivity contribution in [3.05, 3.63) is 6.67 Å². The van der Waals surface area contributed by atoms with E-state index < -0.39 is 10.1 Å². The minimum atomic E-state index is -3.31. The zero-order valence-corrected chi connectivity index (χ0v) is 14.6. The summed E-state index contributed by atoms with van der Waals surface area (Å²) in [7, 11) is -3.31. The molecule has 7 heteroatoms. The summed E-state index contributed by atoms with van der Waals surface area (Å²) in [5.74, 6) is 0. The third-order valence-corrected chi connectivity index (χ3v) is 4.95. The van der Waals surface area contributed by atoms with Gasteiger partial charge in [0.05, 0.1) is 12.9 Å². The highest BCUT2D eigenvalue weighted by Gasteiger charge is 2.23. The van der Waals surface area contributed by atoms with Crippen molar-refractivity contribution in [1.82, 2.24) is 14.7 Å². The standard InChI is InChI=1S/C15H29N3O3S/c1-15-6-3-9-18(15)10-4-7-16-11-12-17(14-16)8-5-13-21-22(2,19)20/h15H,3-13H2,1-2H3/t15-/m1/s1. The van der Waals surface area contributed by atoms with Crippen LogP contribution in [-0.4, -0.2) is 81.3 Å². The average molecular weight is 331 g/mol. The summed E-state index contributed by atoms with van der Waals surface area (Å²) in [6.07, 6.45) is 5.66. The van der Waals surface area contributed by atoms with Crippen LogP contribution in [-0.2, 0) is 14.3 Å². The SMILES string of the molecule is C[C@@H]1CCCN1CCCN1[C]N(CCCOS(C)(=O)=O)CC1. The molecule has 2 rings (SSSR count). The van der Waals surface area contributed by atoms with Crippen LogP contribution in [0, 0.1) is 6.67 Å². The van der Waals surface area contributed by atoms with Crippen LogP contribution >= 0.6 is 0 Å². The van der Waals surface area contributed by atoms with E-state index in [1.54, 1.807) is 0 Å². The molecule has 0 aliphatic carbocycles. The van der Waals surface area contributed by atoms with Gasteiger partial charge >= 0.3 is 0 Å². The van der Waals surface area contributed by atoms with Gasteiger partial charge in [-0.1, -0.05) is 0 Å². The van der Waals surface area contributed by atoms with Crippen LogP contribution in [0.4, 0.5) is 0 Å². The molecule has 2 aliphatic rings. The Bertz CT molecular complexity index is 430. The number of likely N-dealkylation sites (tertiary alicyclic amines) is 1. The normalized spacial score (nSPS) is 25.3. The fourth-order valence-electron chi connectivity index (χ4n) is 3.12. The zero-order valence-electron chi connectivity index (χ0n) is 13.8. The van der Waals surface area contributed by atoms with E-state index in [1.807, 2.05) is 0 Å². The van der Waals surface area contributed by atoms with Crippen LogP contribution in [0.25, 0.3) is 0 Å². The first-order valence-electron chi connectivity index (χ1n) is 8.29. The van der Waals surface area contributed by atoms with Crippen molar-refractivity contribution in [1.29, 1.82) is 0 Å². The summed E-state index contributed by atoms with van der Waals surface area (Å²) in [6.45, 7) is 12.2. The van der Waals surface area contributed by atoms with Gasteiger partial charge in [0.25, 0.3) is 10.1 Å². The first-order chi connectivity index (χ1) is 10.4. The highest BCUT2D eigenvalue weighted by Crippen LogP contribution is 2.17. The summed E-state index contributed by atoms with van der Waals surface area (Å²) in [5.41, 5.74) is 0. The van der Waals surface area contributed by atoms with Gasteiger partial charge in [-0.3, -0.25) is 14.0 Å². The molecule has 0 spiro atoms. The molecule has 2 saturated heterocycles. The van der Waals surface area contributed by atoms with Crippen molar-refractivity contribution in [2.45, 2.75) is 38.6 Å². The van der Waals surface area contributed by atoms with E-state index >= 15 is 0 Å². The first-order valence-corrected chi connectivity index (χ1v) is 10.1. The zero-order chi connectivity index (χ0) is 16.0. The van der Waals surface area contributed by atoms with Gasteiger partial charge in [0.2, 0.25) is 0 Å². The second-order valence-corrected chi connectivity index (χ2v) is 7.98. The largest absolute Gasteiger partial charge is 0.301 e. The Morgan fingerprint density at radius 2 is 1.77 bits per heavy atom. The van der Waals surface area contributed by atoms with Crippen molar-refractivity contribution in [3.63, 3.8) is 0 Å². The topological polar surface area (TPSA) is 53.1 Å². The molecule has 128 valence electrons. The lowest BCUT2D eigenvalue weighted by molar-refractivity contribution is 0.240. The molecule has 1 atom stereocenters. The number of rotatable bonds is 9. The van der Waals surface area contributed by atoms with Crippen LogP contribution in [0.15, 0.2) is 0 Å². The van der Waals surface area contributed by atoms with Crippen molar-refractivity contribution < 1.29 is 12.6 Å². The van der Waals surface area contributed by atoms with Crippen molar-refractivity contribution in [3.8, 4) is 0 Å². The molecule has 0 amide bonds. The van der Waals surface area contributed by atoms with Crippen molar-refractivity contribution in [2.24, 2.45) is 0 Å². The van der Waals surface area contributed by atoms with Gasteiger partial charge in [-0.25, -0.2) is 0 Å². The van der Waals surface area contributed by atoms with E-state index in [1.165, 1.54) is 32.4 Å². The monoisotopic (exact) mass is 331 g/mol. The van der Waals surface area contributed by atoms with Gasteiger partial charge in [-0.05, 0) is 45.7 Å². The second kappa shape index (κ2) is 8.59. The third-order valence-electron chi connectivity index (χ3n) is 4.36. The lowest BCUT2D eigenvalue weighted by Crippen LogP contribution is -2.30. The Labute approximate surface area is 135 Å². The molecule has 0 bridgehead atoms. The molecule has 2 radical (unpaired) electrons. The Morgan fingerprint density at radius 3 is 2.36 bits per heavy atom. The molecule has 2 heterocycles. The van der Waals surface area contributed by atoms with Crippen LogP contribution in [0.2, 0.25) is 0 Å². The van der Waals surface area contributed by atoms with E-state index in [9.17, 15) is 8.42 Å². The molecular weight excluding hydrogens is 302 g/mol. The number of hydrogen-bond donors (Lipinski definition) is 0. The Balaban J connectivity index is 1.52. The predicted octanol–water partition coefficient (Wildman–Crippen LogP) is 0.841. The van der Waals surface area contributed by atoms with Gasteiger partial charge in [0, 0.05) is 32.2 Å². The molecule has 0 aromatic rings. The van der Waals surface area contributed by atoms with Crippen LogP contribution < -0.4 is 0 Å². The van der Waals surface area contributed by atoms with Crippen molar-refractivity contribution >= 4 is 10.1 Å². The van der Waals surface area contributed by atoms with Crippen LogP contribution in [0.3, 0.4) is 0 Å². The quantitative estimate of drug-likeness (QED) is 0.461. The Kier molecular flexibility index (Phi) is 7.08. The predicted molar refractivity (Wildman–Crippen MR) is 86.7 cm³/mol. The number of hydrogen-bond acceptors (Lipinski definition) is 6. The lowest BCUT2D eigenvalue weighted by Gasteiger charge is -2.22. The molecule has 2 fully saturated rings. The molecule has 0 unspecified atom stereocenters. The van der Waals surface area contributed by atoms with Gasteiger partial charge in [-0.15, -0.1) is 0 Å². The average Bonchev–Trinajstić information content (AvgIpc) is 3.04. The van der Waals surface area contributed by atoms with E-state index in [-0.39, 0.29) is 6.61 Å². The van der Waals surface area contributed by atoms with E-state index in [0.717, 1.165) is 38.5 Å². The van der Waals surface area contributed by atoms with Gasteiger partial charge in [0.1, 0.15) is 6.67 Å². The van der Waals surface area contributed by atoms with Gasteiger partial charge < -0.3 is 4.90 Å². The summed E-state index contributed by atoms with van der Waals surface area (Å²) in [6, 6.07) is 0.748. The Hall–Kier alpha value is -0.210. The Morgan fingerprint density at radius 1 is 1.09 bits per heavy atom. The maximum Gasteiger partial charge on any atom is 0.264 e. The summed E-state index contributed by atoms with van der Waals surface area (Å²) in [5, 5.41) is 0. The highest BCUT2D eigenvalue weighted by molar-refractivity contribution is 7.85. The smallest absolute Gasteiger partial charge is 0.264 e. The molecular formula is C15H29N3O3S. The molecule has 2 aliphatic heterocycles. The van der Waals surface area contributed by atoms with Crippen molar-refractivity contribution in [2.75, 3.05) is 52.1 Å². The van der Waals surface area contributed by atoms with Gasteiger partial charge in [0.15, 0.2) is 0 Å². The van der Waals surface area contributed by atoms with Gasteiger partial charge in [-0.2, -0.15) is 8.42 Å². The molecule has 0 saturated carbocycles. The fourth-order valence-corrected chi connectivity index (χ4v) is 3.54. The van der Waals surface area contributed by atoms with Crippen LogP contribution in [0.5, 0.6) is 0 Å². The van der Waals surface area contributed by atoms with E-state index in [0.29, 0.717) is 6.42 Å².